The fourth-order valence-corrected chi connectivity index (χ4v) is 23.1. The molecule has 8 saturated heterocycles. The third-order valence-electron chi connectivity index (χ3n) is 31.2. The van der Waals surface area contributed by atoms with Crippen LogP contribution in [-0.4, -0.2) is 423 Å². The third-order valence-corrected chi connectivity index (χ3v) is 31.2. The highest BCUT2D eigenvalue weighted by Crippen LogP contribution is 2.76. The summed E-state index contributed by atoms with van der Waals surface area (Å²) in [5, 5.41) is 239. The number of carbonyl (C=O) groups is 4. The van der Waals surface area contributed by atoms with Crippen molar-refractivity contribution in [2.45, 2.75) is 379 Å². The molecule has 22 N–H and O–H groups in total. The molecule has 8 heterocycles. The van der Waals surface area contributed by atoms with Crippen molar-refractivity contribution < 1.29 is 212 Å². The summed E-state index contributed by atoms with van der Waals surface area (Å²) in [6.45, 7) is 16.6. The molecule has 8 aliphatic heterocycles. The SMILES string of the molecule is C=C[C@](C)(O)CC/C=C(\C)C(=O)OC[C@H]1O[C@@H](OC(=O)[C@]23CCC(C)(C)C[C@H]2C2=CC[C@@H]4[C@@]5(C)CC[C@H](O[C@@H]6O[C@H](CO[C@@H]7OC[C@H](O)[C@H](O)[C@H]7O[C@@H]7OC[C@@H](O)[C@H](O)[C@H]7O)[C@@H](O[C@@H]7O[C@H](CO)[C@@H](O)[C@H](O)[C@H]7O)[C@H](O)[C@H]6NC(C)=O)C(C)(C)[C@@H]5CC[C@@]4(C)[C@]2(C)C[C@H]3O)[C@H](O[C@@H]2OC[C@@H](O)[C@H](O[C@@H]3OC[C@](O)(CO)[C@H]3O)[C@H]2O)[C@@H](O)[C@@H]1O[C@@H]1O[C@H](CO)[C@@H](O)[C@H](O)[C@H]1OC(C)=O. The number of fused-ring (bicyclic) bond motifs is 7. The van der Waals surface area contributed by atoms with Gasteiger partial charge in [0, 0.05) is 19.4 Å². The van der Waals surface area contributed by atoms with Gasteiger partial charge < -0.3 is 198 Å². The zero-order valence-corrected chi connectivity index (χ0v) is 76.0. The van der Waals surface area contributed by atoms with Crippen molar-refractivity contribution in [3.63, 3.8) is 0 Å². The summed E-state index contributed by atoms with van der Waals surface area (Å²) in [5.41, 5.74) is -7.96. The van der Waals surface area contributed by atoms with Crippen LogP contribution in [0.15, 0.2) is 36.0 Å². The number of allylic oxidation sites excluding steroid dienone is 3. The summed E-state index contributed by atoms with van der Waals surface area (Å²) >= 11 is 0. The van der Waals surface area contributed by atoms with E-state index in [1.54, 1.807) is 0 Å². The maximum absolute atomic E-state index is 16.6. The Balaban J connectivity index is 0.802. The van der Waals surface area contributed by atoms with Gasteiger partial charge >= 0.3 is 17.9 Å². The molecule has 12 fully saturated rings. The minimum absolute atomic E-state index is 0.00117. The predicted octanol–water partition coefficient (Wildman–Crippen LogP) is -6.28. The van der Waals surface area contributed by atoms with Gasteiger partial charge in [-0.2, -0.15) is 0 Å². The van der Waals surface area contributed by atoms with Gasteiger partial charge in [-0.25, -0.2) is 4.79 Å². The van der Waals surface area contributed by atoms with Gasteiger partial charge in [0.2, 0.25) is 12.2 Å². The van der Waals surface area contributed by atoms with Crippen molar-refractivity contribution >= 4 is 23.8 Å². The number of rotatable bonds is 29. The Morgan fingerprint density at radius 3 is 1.74 bits per heavy atom. The molecule has 132 heavy (non-hydrogen) atoms. The highest BCUT2D eigenvalue weighted by Gasteiger charge is 2.73. The Morgan fingerprint density at radius 1 is 0.538 bits per heavy atom. The molecule has 45 atom stereocenters. The Bertz CT molecular complexity index is 4010. The molecule has 0 aromatic heterocycles. The summed E-state index contributed by atoms with van der Waals surface area (Å²) in [7, 11) is 0. The normalized spacial score (nSPS) is 48.9. The summed E-state index contributed by atoms with van der Waals surface area (Å²) in [6.07, 6.45) is -55.5. The van der Waals surface area contributed by atoms with Gasteiger partial charge in [0.25, 0.3) is 0 Å². The molecule has 13 aliphatic rings. The maximum atomic E-state index is 16.6. The second-order valence-corrected chi connectivity index (χ2v) is 40.7. The minimum Gasteiger partial charge on any atom is -0.459 e. The fraction of sp³-hybridized carbons (Fsp3) is 0.886. The van der Waals surface area contributed by atoms with Gasteiger partial charge in [0.1, 0.15) is 164 Å². The first-order chi connectivity index (χ1) is 61.9. The zero-order chi connectivity index (χ0) is 96.7. The first kappa shape index (κ1) is 105. The Hall–Kier alpha value is -4.34. The van der Waals surface area contributed by atoms with Crippen LogP contribution in [0.5, 0.6) is 0 Å². The van der Waals surface area contributed by atoms with Gasteiger partial charge in [-0.1, -0.05) is 72.3 Å². The van der Waals surface area contributed by atoms with E-state index < -0.39 is 354 Å². The van der Waals surface area contributed by atoms with E-state index in [2.05, 4.69) is 52.6 Å². The highest BCUT2D eigenvalue weighted by molar-refractivity contribution is 5.87. The van der Waals surface area contributed by atoms with Crippen LogP contribution in [0.4, 0.5) is 0 Å². The molecule has 0 unspecified atom stereocenters. The van der Waals surface area contributed by atoms with Crippen molar-refractivity contribution in [3.8, 4) is 0 Å². The Kier molecular flexibility index (Phi) is 32.7. The number of ether oxygens (including phenoxy) is 18. The fourth-order valence-electron chi connectivity index (χ4n) is 23.1. The molecule has 44 nitrogen and oxygen atoms in total. The van der Waals surface area contributed by atoms with Crippen molar-refractivity contribution in [1.82, 2.24) is 5.32 Å². The zero-order valence-electron chi connectivity index (χ0n) is 76.0. The maximum Gasteiger partial charge on any atom is 0.333 e. The van der Waals surface area contributed by atoms with Crippen LogP contribution in [-0.2, 0) is 104 Å². The van der Waals surface area contributed by atoms with Crippen LogP contribution in [0.3, 0.4) is 0 Å². The van der Waals surface area contributed by atoms with Crippen LogP contribution in [0.2, 0.25) is 0 Å². The lowest BCUT2D eigenvalue weighted by atomic mass is 9.33. The predicted molar refractivity (Wildman–Crippen MR) is 440 cm³/mol. The Labute approximate surface area is 762 Å². The summed E-state index contributed by atoms with van der Waals surface area (Å²) in [4.78, 5) is 56.9. The number of aliphatic hydroxyl groups is 21. The molecule has 5 aliphatic carbocycles. The second kappa shape index (κ2) is 41.1. The molecule has 754 valence electrons. The number of nitrogens with one attached hydrogen (secondary N) is 1. The Morgan fingerprint density at radius 2 is 1.11 bits per heavy atom. The number of esters is 3. The number of amides is 1. The van der Waals surface area contributed by atoms with Gasteiger partial charge in [0.05, 0.1) is 70.7 Å². The molecule has 0 spiro atoms. The van der Waals surface area contributed by atoms with E-state index in [1.165, 1.54) is 32.9 Å². The van der Waals surface area contributed by atoms with E-state index in [0.29, 0.717) is 44.9 Å². The van der Waals surface area contributed by atoms with Crippen LogP contribution in [0, 0.1) is 50.2 Å². The number of hydrogen-bond acceptors (Lipinski definition) is 43. The number of hydrogen-bond donors (Lipinski definition) is 22. The number of aliphatic hydroxyl groups excluding tert-OH is 19. The van der Waals surface area contributed by atoms with Crippen LogP contribution in [0.1, 0.15) is 147 Å². The van der Waals surface area contributed by atoms with Gasteiger partial charge in [-0.3, -0.25) is 14.4 Å². The largest absolute Gasteiger partial charge is 0.459 e. The van der Waals surface area contributed by atoms with Crippen molar-refractivity contribution in [1.29, 1.82) is 0 Å². The molecule has 13 rings (SSSR count). The van der Waals surface area contributed by atoms with Crippen LogP contribution in [0.25, 0.3) is 0 Å². The van der Waals surface area contributed by atoms with E-state index in [-0.39, 0.29) is 43.1 Å². The molecule has 44 heteroatoms. The molecule has 0 aromatic carbocycles. The molecular formula is C88H139NO43. The van der Waals surface area contributed by atoms with Crippen LogP contribution < -0.4 is 5.32 Å². The van der Waals surface area contributed by atoms with Gasteiger partial charge in [0.15, 0.2) is 56.2 Å². The molecule has 4 saturated carbocycles. The third kappa shape index (κ3) is 20.2. The van der Waals surface area contributed by atoms with Gasteiger partial charge in [-0.05, 0) is 129 Å². The lowest BCUT2D eigenvalue weighted by molar-refractivity contribution is -0.382. The molecule has 0 bridgehead atoms. The number of carbonyl (C=O) groups excluding carboxylic acids is 4. The van der Waals surface area contributed by atoms with Crippen molar-refractivity contribution in [2.24, 2.45) is 50.2 Å². The second-order valence-electron chi connectivity index (χ2n) is 40.7. The monoisotopic (exact) mass is 1900 g/mol. The molecule has 0 radical (unpaired) electrons. The standard InChI is InChI=1S/C88H139NO43/c1-13-83(9,113)20-14-15-36(2)71(111)115-32-46-66(129-77-68(121-38(4)94)59(105)56(102)45(28-91)123-77)62(108)69(131-74-63(109)64(43(97)31-117-74)127-79-70(110)87(114,34-92)35-120-79)78(125-46)132-80(112)88-24-23-81(5,6)25-40(88)39-16-17-49-84(10)21-19-51(82(7,8)48(84)18-22-85(49,11)86(39,12)26-50(88)98)126-72-52(89-37(3)93)57(103)65(128-75-61(107)58(104)55(101)44(27-90)122-75)47(124-72)33-119-76-67(54(100)42(96)30-118-76)130-73-60(106)53(99)41(95)29-116-73/h13,15-16,40-70,72-79,90-92,95-110,113-114H,1,14,17-35H2,2-12H3,(H,89,93)/b36-15+/t40-,41+,42-,43+,44+,45+,46+,47+,48-,49+,50+,51-,52+,53-,54-,55+,56+,57+,58-,59-,60+,61+,62-,63+,64-,65+,66+,67+,68+,69+,70-,72-,73-,74-,75-,76-,77-,78-,79-,83-,84-,85+,86+,87+,88+/m0/s1. The quantitative estimate of drug-likeness (QED) is 0.0109. The first-order valence-electron chi connectivity index (χ1n) is 45.5. The summed E-state index contributed by atoms with van der Waals surface area (Å²) in [6, 6.07) is -1.51. The topological polar surface area (TPSA) is 671 Å². The summed E-state index contributed by atoms with van der Waals surface area (Å²) in [5.74, 6) is -4.87. The highest BCUT2D eigenvalue weighted by atomic mass is 16.8. The molecular weight excluding hydrogens is 1760 g/mol. The lowest BCUT2D eigenvalue weighted by Crippen LogP contribution is -2.70. The van der Waals surface area contributed by atoms with Crippen molar-refractivity contribution in [3.05, 3.63) is 36.0 Å². The van der Waals surface area contributed by atoms with Crippen molar-refractivity contribution in [2.75, 3.05) is 59.5 Å². The van der Waals surface area contributed by atoms with E-state index in [4.69, 9.17) is 85.3 Å². The smallest absolute Gasteiger partial charge is 0.333 e. The first-order valence-corrected chi connectivity index (χ1v) is 45.5. The average molecular weight is 1900 g/mol. The van der Waals surface area contributed by atoms with E-state index in [9.17, 15) is 122 Å². The molecule has 1 amide bonds. The minimum atomic E-state index is -2.31. The average Bonchev–Trinajstić information content (AvgIpc) is 0.781. The van der Waals surface area contributed by atoms with Crippen LogP contribution >= 0.6 is 0 Å². The van der Waals surface area contributed by atoms with E-state index in [0.717, 1.165) is 12.5 Å². The van der Waals surface area contributed by atoms with E-state index in [1.807, 2.05) is 13.8 Å². The molecule has 0 aromatic rings. The lowest BCUT2D eigenvalue weighted by Gasteiger charge is -2.72. The summed E-state index contributed by atoms with van der Waals surface area (Å²) < 4.78 is 110. The van der Waals surface area contributed by atoms with Gasteiger partial charge in [-0.15, -0.1) is 6.58 Å². The van der Waals surface area contributed by atoms with E-state index >= 15 is 4.79 Å².